The van der Waals surface area contributed by atoms with Crippen LogP contribution in [0.25, 0.3) is 0 Å². The van der Waals surface area contributed by atoms with Crippen LogP contribution in [-0.2, 0) is 9.59 Å². The first-order chi connectivity index (χ1) is 11.3. The minimum atomic E-state index is -1.15. The third kappa shape index (κ3) is 6.22. The standard InChI is InChI=1S/C15H18Cl2N2O4S/c1-8(15(22)23)18-14(21)12(5-6-24-2)19-13(20)10-4-3-9(16)7-11(10)17/h3-4,7-8,12H,5-6H2,1-2H3,(H,18,21)(H,19,20)(H,22,23). The molecule has 6 nitrogen and oxygen atoms in total. The first-order valence-electron chi connectivity index (χ1n) is 7.04. The average Bonchev–Trinajstić information content (AvgIpc) is 2.50. The lowest BCUT2D eigenvalue weighted by molar-refractivity contribution is -0.141. The van der Waals surface area contributed by atoms with Crippen LogP contribution in [0.2, 0.25) is 10.0 Å². The fourth-order valence-corrected chi connectivity index (χ4v) is 2.76. The normalized spacial score (nSPS) is 13.0. The van der Waals surface area contributed by atoms with E-state index in [2.05, 4.69) is 10.6 Å². The molecule has 1 aromatic rings. The third-order valence-corrected chi connectivity index (χ3v) is 4.33. The number of hydrogen-bond donors (Lipinski definition) is 3. The summed E-state index contributed by atoms with van der Waals surface area (Å²) in [4.78, 5) is 35.4. The molecule has 1 rings (SSSR count). The Morgan fingerprint density at radius 3 is 2.46 bits per heavy atom. The van der Waals surface area contributed by atoms with Crippen molar-refractivity contribution in [3.63, 3.8) is 0 Å². The van der Waals surface area contributed by atoms with Gasteiger partial charge in [0, 0.05) is 5.02 Å². The van der Waals surface area contributed by atoms with E-state index in [-0.39, 0.29) is 10.6 Å². The van der Waals surface area contributed by atoms with Crippen molar-refractivity contribution < 1.29 is 19.5 Å². The van der Waals surface area contributed by atoms with Gasteiger partial charge in [0.25, 0.3) is 5.91 Å². The summed E-state index contributed by atoms with van der Waals surface area (Å²) in [5.41, 5.74) is 0.189. The predicted octanol–water partition coefficient (Wildman–Crippen LogP) is 2.43. The van der Waals surface area contributed by atoms with E-state index in [0.717, 1.165) is 0 Å². The molecule has 0 saturated carbocycles. The summed E-state index contributed by atoms with van der Waals surface area (Å²) in [5, 5.41) is 14.4. The third-order valence-electron chi connectivity index (χ3n) is 3.14. The maximum atomic E-state index is 12.3. The van der Waals surface area contributed by atoms with Gasteiger partial charge in [0.15, 0.2) is 0 Å². The molecule has 24 heavy (non-hydrogen) atoms. The second-order valence-electron chi connectivity index (χ2n) is 5.00. The molecule has 0 fully saturated rings. The van der Waals surface area contributed by atoms with Crippen LogP contribution in [0.1, 0.15) is 23.7 Å². The number of halogens is 2. The van der Waals surface area contributed by atoms with E-state index in [0.29, 0.717) is 17.2 Å². The molecule has 0 aliphatic heterocycles. The number of rotatable bonds is 8. The number of nitrogens with one attached hydrogen (secondary N) is 2. The van der Waals surface area contributed by atoms with Gasteiger partial charge in [0.1, 0.15) is 12.1 Å². The number of carbonyl (C=O) groups excluding carboxylic acids is 2. The van der Waals surface area contributed by atoms with E-state index >= 15 is 0 Å². The van der Waals surface area contributed by atoms with E-state index in [9.17, 15) is 14.4 Å². The van der Waals surface area contributed by atoms with Crippen molar-refractivity contribution in [1.82, 2.24) is 10.6 Å². The zero-order valence-electron chi connectivity index (χ0n) is 13.1. The number of amides is 2. The zero-order valence-corrected chi connectivity index (χ0v) is 15.5. The predicted molar refractivity (Wildman–Crippen MR) is 96.0 cm³/mol. The molecule has 0 bridgehead atoms. The van der Waals surface area contributed by atoms with Gasteiger partial charge in [-0.1, -0.05) is 23.2 Å². The minimum Gasteiger partial charge on any atom is -0.480 e. The fraction of sp³-hybridized carbons (Fsp3) is 0.400. The molecule has 2 atom stereocenters. The molecule has 1 aromatic carbocycles. The summed E-state index contributed by atoms with van der Waals surface area (Å²) < 4.78 is 0. The summed E-state index contributed by atoms with van der Waals surface area (Å²) in [6.07, 6.45) is 2.23. The molecule has 0 aliphatic rings. The first kappa shape index (κ1) is 20.6. The Bertz CT molecular complexity index is 627. The average molecular weight is 393 g/mol. The fourth-order valence-electron chi connectivity index (χ4n) is 1.79. The van der Waals surface area contributed by atoms with Crippen molar-refractivity contribution in [2.45, 2.75) is 25.4 Å². The monoisotopic (exact) mass is 392 g/mol. The zero-order chi connectivity index (χ0) is 18.3. The Morgan fingerprint density at radius 2 is 1.92 bits per heavy atom. The van der Waals surface area contributed by atoms with Crippen LogP contribution in [0, 0.1) is 0 Å². The summed E-state index contributed by atoms with van der Waals surface area (Å²) >= 11 is 13.3. The molecule has 2 unspecified atom stereocenters. The van der Waals surface area contributed by atoms with Crippen LogP contribution in [0.15, 0.2) is 18.2 Å². The molecule has 9 heteroatoms. The summed E-state index contributed by atoms with van der Waals surface area (Å²) in [6.45, 7) is 1.35. The Morgan fingerprint density at radius 1 is 1.25 bits per heavy atom. The molecular weight excluding hydrogens is 375 g/mol. The van der Waals surface area contributed by atoms with Gasteiger partial charge in [-0.3, -0.25) is 14.4 Å². The van der Waals surface area contributed by atoms with Crippen LogP contribution in [0.3, 0.4) is 0 Å². The molecule has 0 radical (unpaired) electrons. The van der Waals surface area contributed by atoms with Gasteiger partial charge in [-0.05, 0) is 43.6 Å². The Hall–Kier alpha value is -1.44. The summed E-state index contributed by atoms with van der Waals surface area (Å²) in [6, 6.07) is 2.50. The molecule has 0 aliphatic carbocycles. The van der Waals surface area contributed by atoms with E-state index in [1.54, 1.807) is 0 Å². The van der Waals surface area contributed by atoms with Gasteiger partial charge in [-0.2, -0.15) is 11.8 Å². The van der Waals surface area contributed by atoms with Gasteiger partial charge in [0.2, 0.25) is 5.91 Å². The molecule has 0 heterocycles. The second-order valence-corrected chi connectivity index (χ2v) is 6.83. The van der Waals surface area contributed by atoms with Gasteiger partial charge < -0.3 is 15.7 Å². The number of hydrogen-bond acceptors (Lipinski definition) is 4. The van der Waals surface area contributed by atoms with Crippen molar-refractivity contribution >= 4 is 52.7 Å². The quantitative estimate of drug-likeness (QED) is 0.631. The van der Waals surface area contributed by atoms with Crippen LogP contribution in [0.4, 0.5) is 0 Å². The second kappa shape index (κ2) is 9.76. The van der Waals surface area contributed by atoms with Crippen molar-refractivity contribution in [2.24, 2.45) is 0 Å². The molecule has 0 spiro atoms. The van der Waals surface area contributed by atoms with E-state index in [4.69, 9.17) is 28.3 Å². The largest absolute Gasteiger partial charge is 0.480 e. The van der Waals surface area contributed by atoms with Crippen molar-refractivity contribution in [3.8, 4) is 0 Å². The van der Waals surface area contributed by atoms with Crippen LogP contribution >= 0.6 is 35.0 Å². The number of carbonyl (C=O) groups is 3. The van der Waals surface area contributed by atoms with E-state index in [1.807, 2.05) is 6.26 Å². The smallest absolute Gasteiger partial charge is 0.325 e. The first-order valence-corrected chi connectivity index (χ1v) is 9.19. The van der Waals surface area contributed by atoms with Crippen LogP contribution in [-0.4, -0.2) is 47.0 Å². The molecule has 3 N–H and O–H groups in total. The van der Waals surface area contributed by atoms with Gasteiger partial charge >= 0.3 is 5.97 Å². The Balaban J connectivity index is 2.86. The topological polar surface area (TPSA) is 95.5 Å². The van der Waals surface area contributed by atoms with Gasteiger partial charge in [-0.25, -0.2) is 0 Å². The SMILES string of the molecule is CSCCC(NC(=O)c1ccc(Cl)cc1Cl)C(=O)NC(C)C(=O)O. The molecule has 0 aromatic heterocycles. The molecule has 2 amide bonds. The summed E-state index contributed by atoms with van der Waals surface area (Å²) in [5.74, 6) is -1.62. The van der Waals surface area contributed by atoms with Gasteiger partial charge in [-0.15, -0.1) is 0 Å². The van der Waals surface area contributed by atoms with Crippen LogP contribution in [0.5, 0.6) is 0 Å². The Kier molecular flexibility index (Phi) is 8.38. The van der Waals surface area contributed by atoms with Crippen molar-refractivity contribution in [1.29, 1.82) is 0 Å². The highest BCUT2D eigenvalue weighted by atomic mass is 35.5. The lowest BCUT2D eigenvalue weighted by Crippen LogP contribution is -2.51. The maximum Gasteiger partial charge on any atom is 0.325 e. The van der Waals surface area contributed by atoms with Gasteiger partial charge in [0.05, 0.1) is 10.6 Å². The van der Waals surface area contributed by atoms with E-state index in [1.165, 1.54) is 36.9 Å². The van der Waals surface area contributed by atoms with Crippen LogP contribution < -0.4 is 10.6 Å². The number of thioether (sulfide) groups is 1. The number of carboxylic acids is 1. The number of aliphatic carboxylic acids is 1. The highest BCUT2D eigenvalue weighted by Gasteiger charge is 2.25. The maximum absolute atomic E-state index is 12.3. The highest BCUT2D eigenvalue weighted by molar-refractivity contribution is 7.98. The van der Waals surface area contributed by atoms with Crippen molar-refractivity contribution in [3.05, 3.63) is 33.8 Å². The molecule has 132 valence electrons. The summed E-state index contributed by atoms with van der Waals surface area (Å²) in [7, 11) is 0. The van der Waals surface area contributed by atoms with Crippen molar-refractivity contribution in [2.75, 3.05) is 12.0 Å². The molecular formula is C15H18Cl2N2O4S. The molecule has 0 saturated heterocycles. The van der Waals surface area contributed by atoms with E-state index < -0.39 is 29.9 Å². The number of carboxylic acid groups (broad SMARTS) is 1. The Labute approximate surface area is 154 Å². The lowest BCUT2D eigenvalue weighted by Gasteiger charge is -2.20. The minimum absolute atomic E-state index is 0.169. The lowest BCUT2D eigenvalue weighted by atomic mass is 10.1. The highest BCUT2D eigenvalue weighted by Crippen LogP contribution is 2.21. The number of benzene rings is 1.